The van der Waals surface area contributed by atoms with E-state index in [0.717, 1.165) is 26.1 Å². The van der Waals surface area contributed by atoms with Crippen LogP contribution >= 0.6 is 0 Å². The highest BCUT2D eigenvalue weighted by Crippen LogP contribution is 2.12. The van der Waals surface area contributed by atoms with Crippen LogP contribution in [0.25, 0.3) is 11.1 Å². The monoisotopic (exact) mass is 366 g/mol. The maximum atomic E-state index is 12.6. The fraction of sp³-hybridized carbons (Fsp3) is 0.350. The number of para-hydroxylation sites is 2. The Morgan fingerprint density at radius 3 is 2.56 bits per heavy atom. The molecule has 1 saturated heterocycles. The standard InChI is InChI=1S/C20H22N4O3/c25-19(15-24-17-3-1-2-4-18(17)27-20(24)26)23-13-11-22(12-14-23)10-7-16-5-8-21-9-6-16/h1-6,8-9H,7,10-15H2. The first-order chi connectivity index (χ1) is 13.2. The molecule has 0 saturated carbocycles. The smallest absolute Gasteiger partial charge is 0.408 e. The lowest BCUT2D eigenvalue weighted by atomic mass is 10.2. The van der Waals surface area contributed by atoms with E-state index in [0.29, 0.717) is 24.2 Å². The normalized spacial score (nSPS) is 15.3. The molecule has 1 amide bonds. The number of rotatable bonds is 5. The molecule has 3 heterocycles. The number of benzene rings is 1. The van der Waals surface area contributed by atoms with Crippen molar-refractivity contribution < 1.29 is 9.21 Å². The first kappa shape index (κ1) is 17.5. The van der Waals surface area contributed by atoms with Crippen LogP contribution < -0.4 is 5.76 Å². The Balaban J connectivity index is 1.32. The second-order valence-corrected chi connectivity index (χ2v) is 6.75. The molecule has 1 aliphatic heterocycles. The number of carbonyl (C=O) groups excluding carboxylic acids is 1. The first-order valence-corrected chi connectivity index (χ1v) is 9.18. The van der Waals surface area contributed by atoms with E-state index in [1.54, 1.807) is 12.1 Å². The molecule has 0 aliphatic carbocycles. The third-order valence-electron chi connectivity index (χ3n) is 5.06. The molecule has 4 rings (SSSR count). The lowest BCUT2D eigenvalue weighted by Crippen LogP contribution is -2.50. The maximum absolute atomic E-state index is 12.6. The topological polar surface area (TPSA) is 71.6 Å². The molecule has 0 N–H and O–H groups in total. The second kappa shape index (κ2) is 7.75. The summed E-state index contributed by atoms with van der Waals surface area (Å²) in [6, 6.07) is 11.2. The van der Waals surface area contributed by atoms with E-state index >= 15 is 0 Å². The maximum Gasteiger partial charge on any atom is 0.420 e. The van der Waals surface area contributed by atoms with Crippen molar-refractivity contribution in [2.45, 2.75) is 13.0 Å². The zero-order valence-electron chi connectivity index (χ0n) is 15.1. The Bertz CT molecular complexity index is 972. The van der Waals surface area contributed by atoms with Crippen LogP contribution in [0.2, 0.25) is 0 Å². The highest BCUT2D eigenvalue weighted by Gasteiger charge is 2.22. The quantitative estimate of drug-likeness (QED) is 0.682. The van der Waals surface area contributed by atoms with Crippen LogP contribution in [-0.2, 0) is 17.8 Å². The average Bonchev–Trinajstić information content (AvgIpc) is 3.03. The largest absolute Gasteiger partial charge is 0.420 e. The summed E-state index contributed by atoms with van der Waals surface area (Å²) in [5.41, 5.74) is 2.44. The molecule has 1 aromatic carbocycles. The van der Waals surface area contributed by atoms with Gasteiger partial charge in [-0.3, -0.25) is 19.2 Å². The van der Waals surface area contributed by atoms with E-state index in [1.165, 1.54) is 10.1 Å². The number of aromatic nitrogens is 2. The summed E-state index contributed by atoms with van der Waals surface area (Å²) in [6.07, 6.45) is 4.60. The highest BCUT2D eigenvalue weighted by molar-refractivity contribution is 5.79. The second-order valence-electron chi connectivity index (χ2n) is 6.75. The van der Waals surface area contributed by atoms with E-state index in [1.807, 2.05) is 41.6 Å². The minimum atomic E-state index is -0.486. The molecule has 140 valence electrons. The predicted molar refractivity (Wildman–Crippen MR) is 101 cm³/mol. The molecular formula is C20H22N4O3. The molecule has 7 nitrogen and oxygen atoms in total. The number of amides is 1. The van der Waals surface area contributed by atoms with Crippen LogP contribution in [0.3, 0.4) is 0 Å². The van der Waals surface area contributed by atoms with Crippen LogP contribution in [-0.4, -0.2) is 58.0 Å². The van der Waals surface area contributed by atoms with Gasteiger partial charge in [-0.25, -0.2) is 4.79 Å². The average molecular weight is 366 g/mol. The summed E-state index contributed by atoms with van der Waals surface area (Å²) in [5, 5.41) is 0. The summed E-state index contributed by atoms with van der Waals surface area (Å²) in [6.45, 7) is 4.04. The molecule has 27 heavy (non-hydrogen) atoms. The zero-order valence-corrected chi connectivity index (χ0v) is 15.1. The number of carbonyl (C=O) groups is 1. The molecule has 1 fully saturated rings. The molecule has 0 spiro atoms. The zero-order chi connectivity index (χ0) is 18.6. The van der Waals surface area contributed by atoms with Gasteiger partial charge in [-0.15, -0.1) is 0 Å². The summed E-state index contributed by atoms with van der Waals surface area (Å²) in [5.74, 6) is -0.530. The van der Waals surface area contributed by atoms with E-state index in [9.17, 15) is 9.59 Å². The number of nitrogens with zero attached hydrogens (tertiary/aromatic N) is 4. The number of fused-ring (bicyclic) bond motifs is 1. The number of piperazine rings is 1. The van der Waals surface area contributed by atoms with Crippen molar-refractivity contribution in [1.82, 2.24) is 19.4 Å². The van der Waals surface area contributed by atoms with Crippen molar-refractivity contribution in [3.05, 3.63) is 64.9 Å². The Kier molecular flexibility index (Phi) is 5.02. The van der Waals surface area contributed by atoms with Gasteiger partial charge >= 0.3 is 5.76 Å². The van der Waals surface area contributed by atoms with Crippen LogP contribution in [0.15, 0.2) is 58.0 Å². The van der Waals surface area contributed by atoms with Gasteiger partial charge in [-0.1, -0.05) is 12.1 Å². The van der Waals surface area contributed by atoms with Crippen LogP contribution in [0.5, 0.6) is 0 Å². The third-order valence-corrected chi connectivity index (χ3v) is 5.06. The Morgan fingerprint density at radius 2 is 1.78 bits per heavy atom. The SMILES string of the molecule is O=C(Cn1c(=O)oc2ccccc21)N1CCN(CCc2ccncc2)CC1. The van der Waals surface area contributed by atoms with Gasteiger partial charge in [0, 0.05) is 45.1 Å². The fourth-order valence-corrected chi connectivity index (χ4v) is 3.46. The number of hydrogen-bond acceptors (Lipinski definition) is 5. The van der Waals surface area contributed by atoms with E-state index in [-0.39, 0.29) is 12.5 Å². The molecule has 2 aromatic heterocycles. The lowest BCUT2D eigenvalue weighted by molar-refractivity contribution is -0.133. The van der Waals surface area contributed by atoms with Gasteiger partial charge in [0.15, 0.2) is 5.58 Å². The van der Waals surface area contributed by atoms with Crippen molar-refractivity contribution in [3.8, 4) is 0 Å². The van der Waals surface area contributed by atoms with Gasteiger partial charge in [0.25, 0.3) is 0 Å². The number of hydrogen-bond donors (Lipinski definition) is 0. The van der Waals surface area contributed by atoms with Crippen molar-refractivity contribution in [2.24, 2.45) is 0 Å². The van der Waals surface area contributed by atoms with Crippen molar-refractivity contribution in [3.63, 3.8) is 0 Å². The van der Waals surface area contributed by atoms with Crippen molar-refractivity contribution in [1.29, 1.82) is 0 Å². The molecule has 0 unspecified atom stereocenters. The molecule has 0 radical (unpaired) electrons. The molecular weight excluding hydrogens is 344 g/mol. The molecule has 3 aromatic rings. The van der Waals surface area contributed by atoms with Crippen molar-refractivity contribution >= 4 is 17.0 Å². The van der Waals surface area contributed by atoms with Gasteiger partial charge in [0.05, 0.1) is 5.52 Å². The van der Waals surface area contributed by atoms with Gasteiger partial charge < -0.3 is 9.32 Å². The number of oxazole rings is 1. The first-order valence-electron chi connectivity index (χ1n) is 9.18. The van der Waals surface area contributed by atoms with Gasteiger partial charge in [-0.05, 0) is 36.2 Å². The lowest BCUT2D eigenvalue weighted by Gasteiger charge is -2.34. The number of pyridine rings is 1. The van der Waals surface area contributed by atoms with Gasteiger partial charge in [0.1, 0.15) is 6.54 Å². The molecule has 1 aliphatic rings. The van der Waals surface area contributed by atoms with Crippen molar-refractivity contribution in [2.75, 3.05) is 32.7 Å². The predicted octanol–water partition coefficient (Wildman–Crippen LogP) is 1.38. The van der Waals surface area contributed by atoms with Crippen LogP contribution in [0.4, 0.5) is 0 Å². The van der Waals surface area contributed by atoms with Crippen LogP contribution in [0, 0.1) is 0 Å². The Labute approximate surface area is 156 Å². The summed E-state index contributed by atoms with van der Waals surface area (Å²) >= 11 is 0. The van der Waals surface area contributed by atoms with Gasteiger partial charge in [0.2, 0.25) is 5.91 Å². The summed E-state index contributed by atoms with van der Waals surface area (Å²) in [7, 11) is 0. The Hall–Kier alpha value is -2.93. The minimum absolute atomic E-state index is 0.0207. The van der Waals surface area contributed by atoms with E-state index in [4.69, 9.17) is 4.42 Å². The highest BCUT2D eigenvalue weighted by atomic mass is 16.4. The van der Waals surface area contributed by atoms with E-state index in [2.05, 4.69) is 9.88 Å². The van der Waals surface area contributed by atoms with E-state index < -0.39 is 5.76 Å². The van der Waals surface area contributed by atoms with Gasteiger partial charge in [-0.2, -0.15) is 0 Å². The Morgan fingerprint density at radius 1 is 1.04 bits per heavy atom. The summed E-state index contributed by atoms with van der Waals surface area (Å²) < 4.78 is 6.61. The van der Waals surface area contributed by atoms with Crippen LogP contribution in [0.1, 0.15) is 5.56 Å². The minimum Gasteiger partial charge on any atom is -0.408 e. The third kappa shape index (κ3) is 3.93. The fourth-order valence-electron chi connectivity index (χ4n) is 3.46. The summed E-state index contributed by atoms with van der Waals surface area (Å²) in [4.78, 5) is 32.9. The molecule has 0 bridgehead atoms. The molecule has 7 heteroatoms. The molecule has 0 atom stereocenters.